The Hall–Kier alpha value is -3.53. The number of benzene rings is 3. The van der Waals surface area contributed by atoms with Crippen LogP contribution in [-0.2, 0) is 4.74 Å². The number of ether oxygens (including phenoxy) is 1. The van der Waals surface area contributed by atoms with E-state index in [0.29, 0.717) is 13.2 Å². The van der Waals surface area contributed by atoms with Gasteiger partial charge in [-0.15, -0.1) is 0 Å². The number of nitrogens with two attached hydrogens (primary N) is 1. The second-order valence-corrected chi connectivity index (χ2v) is 7.56. The Bertz CT molecular complexity index is 1040. The molecule has 3 aromatic rings. The number of carbonyl (C=O) groups excluding carboxylic acids is 1. The molecule has 1 aliphatic rings. The fourth-order valence-electron chi connectivity index (χ4n) is 4.00. The SMILES string of the molecule is Cc1cc(N)ccc1C=CCCNC(=O)OCC1c2ccccc2-c2ccccc21. The van der Waals surface area contributed by atoms with Gasteiger partial charge in [0, 0.05) is 18.2 Å². The van der Waals surface area contributed by atoms with Crippen LogP contribution in [0.3, 0.4) is 0 Å². The average molecular weight is 399 g/mol. The zero-order valence-corrected chi connectivity index (χ0v) is 17.1. The highest BCUT2D eigenvalue weighted by Gasteiger charge is 2.28. The first-order chi connectivity index (χ1) is 14.6. The lowest BCUT2D eigenvalue weighted by molar-refractivity contribution is 0.143. The molecule has 3 aromatic carbocycles. The Morgan fingerprint density at radius 2 is 1.70 bits per heavy atom. The van der Waals surface area contributed by atoms with Crippen LogP contribution in [-0.4, -0.2) is 19.2 Å². The molecule has 4 rings (SSSR count). The molecule has 0 saturated heterocycles. The molecule has 0 saturated carbocycles. The molecule has 0 radical (unpaired) electrons. The van der Waals surface area contributed by atoms with Gasteiger partial charge >= 0.3 is 6.09 Å². The van der Waals surface area contributed by atoms with E-state index in [2.05, 4.69) is 29.6 Å². The number of alkyl carbamates (subject to hydrolysis) is 1. The first-order valence-electron chi connectivity index (χ1n) is 10.2. The molecule has 30 heavy (non-hydrogen) atoms. The third-order valence-corrected chi connectivity index (χ3v) is 5.52. The van der Waals surface area contributed by atoms with Gasteiger partial charge in [-0.25, -0.2) is 4.79 Å². The molecular weight excluding hydrogens is 372 g/mol. The van der Waals surface area contributed by atoms with Gasteiger partial charge in [-0.2, -0.15) is 0 Å². The lowest BCUT2D eigenvalue weighted by Gasteiger charge is -2.14. The Kier molecular flexibility index (Phi) is 5.84. The fraction of sp³-hybridized carbons (Fsp3) is 0.192. The number of nitrogens with one attached hydrogen (secondary N) is 1. The minimum absolute atomic E-state index is 0.0801. The van der Waals surface area contributed by atoms with E-state index in [9.17, 15) is 4.79 Å². The van der Waals surface area contributed by atoms with Gasteiger partial charge in [0.15, 0.2) is 0 Å². The van der Waals surface area contributed by atoms with Crippen molar-refractivity contribution >= 4 is 17.9 Å². The molecule has 0 fully saturated rings. The number of amides is 1. The number of hydrogen-bond acceptors (Lipinski definition) is 3. The van der Waals surface area contributed by atoms with Crippen molar-refractivity contribution in [3.8, 4) is 11.1 Å². The summed E-state index contributed by atoms with van der Waals surface area (Å²) >= 11 is 0. The Balaban J connectivity index is 1.28. The predicted octanol–water partition coefficient (Wildman–Crippen LogP) is 5.52. The van der Waals surface area contributed by atoms with Crippen LogP contribution in [0.1, 0.15) is 34.6 Å². The predicted molar refractivity (Wildman–Crippen MR) is 122 cm³/mol. The van der Waals surface area contributed by atoms with Crippen molar-refractivity contribution in [3.05, 3.63) is 95.1 Å². The Morgan fingerprint density at radius 3 is 2.37 bits per heavy atom. The molecule has 1 amide bonds. The summed E-state index contributed by atoms with van der Waals surface area (Å²) in [6.07, 6.45) is 4.44. The standard InChI is InChI=1S/C26H26N2O2/c1-18-16-20(27)14-13-19(18)8-6-7-15-28-26(29)30-17-25-23-11-4-2-9-21(23)22-10-3-5-12-24(22)25/h2-6,8-14,16,25H,7,15,17,27H2,1H3,(H,28,29). The van der Waals surface area contributed by atoms with Gasteiger partial charge in [-0.05, 0) is 58.9 Å². The van der Waals surface area contributed by atoms with E-state index in [1.807, 2.05) is 61.5 Å². The van der Waals surface area contributed by atoms with Crippen LogP contribution in [0.2, 0.25) is 0 Å². The summed E-state index contributed by atoms with van der Waals surface area (Å²) in [4.78, 5) is 12.2. The van der Waals surface area contributed by atoms with Crippen molar-refractivity contribution in [2.75, 3.05) is 18.9 Å². The van der Waals surface area contributed by atoms with Gasteiger partial charge in [-0.1, -0.05) is 66.7 Å². The van der Waals surface area contributed by atoms with E-state index in [1.54, 1.807) is 0 Å². The second-order valence-electron chi connectivity index (χ2n) is 7.56. The number of anilines is 1. The van der Waals surface area contributed by atoms with E-state index in [0.717, 1.165) is 23.2 Å². The van der Waals surface area contributed by atoms with Crippen LogP contribution in [0.4, 0.5) is 10.5 Å². The zero-order chi connectivity index (χ0) is 20.9. The summed E-state index contributed by atoms with van der Waals surface area (Å²) in [7, 11) is 0. The Morgan fingerprint density at radius 1 is 1.03 bits per heavy atom. The smallest absolute Gasteiger partial charge is 0.407 e. The van der Waals surface area contributed by atoms with E-state index in [1.165, 1.54) is 22.3 Å². The van der Waals surface area contributed by atoms with Crippen molar-refractivity contribution < 1.29 is 9.53 Å². The summed E-state index contributed by atoms with van der Waals surface area (Å²) in [6, 6.07) is 22.5. The molecule has 0 aliphatic heterocycles. The van der Waals surface area contributed by atoms with Crippen LogP contribution in [0, 0.1) is 6.92 Å². The number of aryl methyl sites for hydroxylation is 1. The van der Waals surface area contributed by atoms with Gasteiger partial charge in [-0.3, -0.25) is 0 Å². The molecule has 0 spiro atoms. The number of carbonyl (C=O) groups is 1. The topological polar surface area (TPSA) is 64.3 Å². The van der Waals surface area contributed by atoms with Gasteiger partial charge in [0.25, 0.3) is 0 Å². The second kappa shape index (κ2) is 8.87. The molecule has 1 aliphatic carbocycles. The maximum atomic E-state index is 12.2. The first-order valence-corrected chi connectivity index (χ1v) is 10.2. The van der Waals surface area contributed by atoms with E-state index >= 15 is 0 Å². The monoisotopic (exact) mass is 398 g/mol. The van der Waals surface area contributed by atoms with Crippen molar-refractivity contribution in [2.24, 2.45) is 0 Å². The molecule has 152 valence electrons. The summed E-state index contributed by atoms with van der Waals surface area (Å²) in [5.41, 5.74) is 13.7. The summed E-state index contributed by atoms with van der Waals surface area (Å²) < 4.78 is 5.55. The molecule has 4 nitrogen and oxygen atoms in total. The lowest BCUT2D eigenvalue weighted by Crippen LogP contribution is -2.26. The third kappa shape index (κ3) is 4.23. The van der Waals surface area contributed by atoms with Gasteiger partial charge in [0.1, 0.15) is 6.61 Å². The van der Waals surface area contributed by atoms with Gasteiger partial charge in [0.2, 0.25) is 0 Å². The minimum atomic E-state index is -0.381. The fourth-order valence-corrected chi connectivity index (χ4v) is 4.00. The van der Waals surface area contributed by atoms with Crippen molar-refractivity contribution in [1.82, 2.24) is 5.32 Å². The quantitative estimate of drug-likeness (QED) is 0.424. The zero-order valence-electron chi connectivity index (χ0n) is 17.1. The molecule has 0 heterocycles. The Labute approximate surface area is 177 Å². The molecule has 4 heteroatoms. The first kappa shape index (κ1) is 19.8. The number of nitrogen functional groups attached to an aromatic ring is 1. The molecule has 3 N–H and O–H groups in total. The average Bonchev–Trinajstić information content (AvgIpc) is 3.07. The van der Waals surface area contributed by atoms with Gasteiger partial charge < -0.3 is 15.8 Å². The maximum absolute atomic E-state index is 12.2. The highest BCUT2D eigenvalue weighted by atomic mass is 16.5. The molecule has 0 atom stereocenters. The molecular formula is C26H26N2O2. The van der Waals surface area contributed by atoms with Crippen LogP contribution < -0.4 is 11.1 Å². The maximum Gasteiger partial charge on any atom is 0.407 e. The molecule has 0 aromatic heterocycles. The summed E-state index contributed by atoms with van der Waals surface area (Å²) in [5, 5.41) is 2.83. The lowest BCUT2D eigenvalue weighted by atomic mass is 9.98. The van der Waals surface area contributed by atoms with E-state index < -0.39 is 0 Å². The number of rotatable bonds is 6. The van der Waals surface area contributed by atoms with Crippen LogP contribution in [0.25, 0.3) is 17.2 Å². The number of hydrogen-bond donors (Lipinski definition) is 2. The molecule has 0 bridgehead atoms. The number of fused-ring (bicyclic) bond motifs is 3. The van der Waals surface area contributed by atoms with E-state index in [4.69, 9.17) is 10.5 Å². The summed E-state index contributed by atoms with van der Waals surface area (Å²) in [5.74, 6) is 0.0801. The van der Waals surface area contributed by atoms with Gasteiger partial charge in [0.05, 0.1) is 0 Å². The van der Waals surface area contributed by atoms with Crippen LogP contribution >= 0.6 is 0 Å². The van der Waals surface area contributed by atoms with Crippen molar-refractivity contribution in [2.45, 2.75) is 19.3 Å². The van der Waals surface area contributed by atoms with Crippen molar-refractivity contribution in [3.63, 3.8) is 0 Å². The summed E-state index contributed by atoms with van der Waals surface area (Å²) in [6.45, 7) is 2.90. The van der Waals surface area contributed by atoms with Crippen molar-refractivity contribution in [1.29, 1.82) is 0 Å². The van der Waals surface area contributed by atoms with Crippen LogP contribution in [0.5, 0.6) is 0 Å². The highest BCUT2D eigenvalue weighted by Crippen LogP contribution is 2.44. The van der Waals surface area contributed by atoms with E-state index in [-0.39, 0.29) is 12.0 Å². The minimum Gasteiger partial charge on any atom is -0.449 e. The normalized spacial score (nSPS) is 12.6. The largest absolute Gasteiger partial charge is 0.449 e. The highest BCUT2D eigenvalue weighted by molar-refractivity contribution is 5.79. The molecule has 0 unspecified atom stereocenters. The van der Waals surface area contributed by atoms with Crippen LogP contribution in [0.15, 0.2) is 72.8 Å². The third-order valence-electron chi connectivity index (χ3n) is 5.52.